The molecule has 7 fully saturated rings. The number of ether oxygens (including phenoxy) is 4. The minimum atomic E-state index is -0.305. The molecule has 12 nitrogen and oxygen atoms in total. The van der Waals surface area contributed by atoms with Gasteiger partial charge in [-0.25, -0.2) is 4.79 Å². The van der Waals surface area contributed by atoms with Gasteiger partial charge < -0.3 is 51.8 Å². The molecule has 0 aromatic carbocycles. The van der Waals surface area contributed by atoms with Crippen LogP contribution in [0.25, 0.3) is 0 Å². The smallest absolute Gasteiger partial charge is 0.330 e. The molecule has 0 aromatic heterocycles. The second-order valence-corrected chi connectivity index (χ2v) is 16.3. The maximum absolute atomic E-state index is 13.6. The van der Waals surface area contributed by atoms with Gasteiger partial charge in [0.1, 0.15) is 12.2 Å². The molecule has 7 aliphatic rings. The summed E-state index contributed by atoms with van der Waals surface area (Å²) in [6, 6.07) is 0. The van der Waals surface area contributed by atoms with Crippen LogP contribution in [0.2, 0.25) is 0 Å². The van der Waals surface area contributed by atoms with Crippen molar-refractivity contribution in [3.05, 3.63) is 12.7 Å². The molecule has 12 heteroatoms. The van der Waals surface area contributed by atoms with Crippen LogP contribution in [0.1, 0.15) is 128 Å². The van der Waals surface area contributed by atoms with E-state index in [-0.39, 0.29) is 62.9 Å². The highest BCUT2D eigenvalue weighted by Crippen LogP contribution is 2.56. The van der Waals surface area contributed by atoms with Crippen molar-refractivity contribution in [2.45, 2.75) is 153 Å². The molecule has 0 spiro atoms. The van der Waals surface area contributed by atoms with E-state index in [0.29, 0.717) is 49.1 Å². The summed E-state index contributed by atoms with van der Waals surface area (Å²) in [4.78, 5) is 25.1. The lowest BCUT2D eigenvalue weighted by molar-refractivity contribution is -0.165. The molecule has 1 saturated heterocycles. The first-order valence-corrected chi connectivity index (χ1v) is 19.3. The first-order chi connectivity index (χ1) is 22.1. The van der Waals surface area contributed by atoms with Gasteiger partial charge in [0.15, 0.2) is 0 Å². The van der Waals surface area contributed by atoms with Gasteiger partial charge in [-0.1, -0.05) is 45.1 Å². The van der Waals surface area contributed by atoms with Gasteiger partial charge in [-0.15, -0.1) is 0 Å². The summed E-state index contributed by atoms with van der Waals surface area (Å²) in [6.07, 6.45) is 25.9. The van der Waals surface area contributed by atoms with E-state index in [2.05, 4.69) is 6.58 Å². The molecule has 6 aliphatic carbocycles. The Morgan fingerprint density at radius 1 is 0.490 bits per heavy atom. The highest BCUT2D eigenvalue weighted by atomic mass is 16.6. The Labute approximate surface area is 305 Å². The molecule has 0 bridgehead atoms. The van der Waals surface area contributed by atoms with E-state index in [0.717, 1.165) is 75.0 Å². The van der Waals surface area contributed by atoms with Crippen LogP contribution in [-0.4, -0.2) is 82.4 Å². The van der Waals surface area contributed by atoms with Crippen molar-refractivity contribution in [3.8, 4) is 0 Å². The molecule has 12 N–H and O–H groups in total. The molecule has 300 valence electrons. The summed E-state index contributed by atoms with van der Waals surface area (Å²) in [5, 5.41) is 0. The molecule has 6 saturated carbocycles. The number of esters is 2. The number of carbonyl (C=O) groups is 2. The van der Waals surface area contributed by atoms with Crippen LogP contribution in [0.4, 0.5) is 0 Å². The Bertz CT molecular complexity index is 984. The lowest BCUT2D eigenvalue weighted by Crippen LogP contribution is -2.53. The van der Waals surface area contributed by atoms with E-state index in [9.17, 15) is 9.59 Å². The van der Waals surface area contributed by atoms with Gasteiger partial charge in [-0.2, -0.15) is 0 Å². The lowest BCUT2D eigenvalue weighted by atomic mass is 9.53. The van der Waals surface area contributed by atoms with E-state index >= 15 is 0 Å². The number of hydrogen-bond acceptors (Lipinski definition) is 6. The number of hydrogen-bond donors (Lipinski definition) is 0. The van der Waals surface area contributed by atoms with E-state index < -0.39 is 0 Å². The lowest BCUT2D eigenvalue weighted by Gasteiger charge is -2.55. The van der Waals surface area contributed by atoms with Gasteiger partial charge in [0.25, 0.3) is 0 Å². The van der Waals surface area contributed by atoms with Gasteiger partial charge in [-0.05, 0) is 137 Å². The monoisotopic (exact) mass is 733 g/mol. The van der Waals surface area contributed by atoms with Crippen molar-refractivity contribution >= 4 is 11.9 Å². The zero-order chi connectivity index (χ0) is 30.8. The SMILES string of the molecule is C=CC(=O)OC1CCC(C2CCC(C(=O)OC3COC4CCC5CCCCC5C4C4C(CCC5CCCCC54)OC3)CC2)CC1.O.O.O.O.O.O. The van der Waals surface area contributed by atoms with Crippen molar-refractivity contribution in [1.82, 2.24) is 0 Å². The Hall–Kier alpha value is -1.64. The third-order valence-corrected chi connectivity index (χ3v) is 14.1. The van der Waals surface area contributed by atoms with Gasteiger partial charge in [0, 0.05) is 6.08 Å². The first-order valence-electron chi connectivity index (χ1n) is 19.3. The fourth-order valence-corrected chi connectivity index (χ4v) is 11.9. The number of fused-ring (bicyclic) bond motifs is 7. The van der Waals surface area contributed by atoms with Gasteiger partial charge in [0.2, 0.25) is 0 Å². The summed E-state index contributed by atoms with van der Waals surface area (Å²) < 4.78 is 25.6. The molecule has 8 atom stereocenters. The number of carbonyl (C=O) groups excluding carboxylic acids is 2. The van der Waals surface area contributed by atoms with Crippen molar-refractivity contribution in [2.75, 3.05) is 13.2 Å². The largest absolute Gasteiger partial charge is 0.459 e. The fourth-order valence-electron chi connectivity index (χ4n) is 11.9. The van der Waals surface area contributed by atoms with E-state index in [1.54, 1.807) is 0 Å². The van der Waals surface area contributed by atoms with Crippen molar-refractivity contribution in [3.63, 3.8) is 0 Å². The van der Waals surface area contributed by atoms with Crippen LogP contribution in [-0.2, 0) is 28.5 Å². The zero-order valence-electron chi connectivity index (χ0n) is 30.8. The van der Waals surface area contributed by atoms with Gasteiger partial charge >= 0.3 is 11.9 Å². The molecule has 0 aromatic rings. The zero-order valence-corrected chi connectivity index (χ0v) is 30.8. The average molecular weight is 733 g/mol. The van der Waals surface area contributed by atoms with Crippen LogP contribution in [0, 0.1) is 53.3 Å². The summed E-state index contributed by atoms with van der Waals surface area (Å²) in [5.41, 5.74) is 0. The standard InChI is InChI=1S/C39H60O6.6H2O/c1-2-36(40)44-30-19-15-26(16-20-30)25-11-13-29(14-12-25)39(41)45-31-23-42-34-21-17-27-7-3-5-9-32(27)37(34)38-33-10-6-4-8-28(33)18-22-35(38)43-24-31;;;;;;/h2,25-35,37-38H,1,3-24H2;6*1H2. The van der Waals surface area contributed by atoms with E-state index in [1.165, 1.54) is 83.1 Å². The summed E-state index contributed by atoms with van der Waals surface area (Å²) in [6.45, 7) is 4.50. The second-order valence-electron chi connectivity index (χ2n) is 16.3. The van der Waals surface area contributed by atoms with Crippen LogP contribution in [0.3, 0.4) is 0 Å². The molecule has 1 heterocycles. The van der Waals surface area contributed by atoms with Gasteiger partial charge in [0.05, 0.1) is 31.3 Å². The Morgan fingerprint density at radius 2 is 0.922 bits per heavy atom. The molecule has 7 rings (SSSR count). The van der Waals surface area contributed by atoms with Crippen LogP contribution < -0.4 is 0 Å². The van der Waals surface area contributed by atoms with Crippen molar-refractivity contribution in [2.24, 2.45) is 53.3 Å². The maximum atomic E-state index is 13.6. The molecule has 51 heavy (non-hydrogen) atoms. The third-order valence-electron chi connectivity index (χ3n) is 14.1. The van der Waals surface area contributed by atoms with E-state index in [4.69, 9.17) is 18.9 Å². The maximum Gasteiger partial charge on any atom is 0.330 e. The molecule has 1 aliphatic heterocycles. The minimum Gasteiger partial charge on any atom is -0.459 e. The molecule has 8 unspecified atom stereocenters. The average Bonchev–Trinajstić information content (AvgIpc) is 3.16. The highest BCUT2D eigenvalue weighted by Gasteiger charge is 2.53. The first kappa shape index (κ1) is 47.4. The third kappa shape index (κ3) is 10.7. The van der Waals surface area contributed by atoms with Crippen LogP contribution >= 0.6 is 0 Å². The predicted octanol–water partition coefficient (Wildman–Crippen LogP) is 3.26. The van der Waals surface area contributed by atoms with Crippen LogP contribution in [0.5, 0.6) is 0 Å². The molecular formula is C39H72O12. The molecule has 0 amide bonds. The fraction of sp³-hybridized carbons (Fsp3) is 0.897. The van der Waals surface area contributed by atoms with E-state index in [1.807, 2.05) is 0 Å². The Balaban J connectivity index is 0.00000217. The topological polar surface area (TPSA) is 260 Å². The Kier molecular flexibility index (Phi) is 20.4. The van der Waals surface area contributed by atoms with Gasteiger partial charge in [-0.3, -0.25) is 4.79 Å². The molecule has 0 radical (unpaired) electrons. The Morgan fingerprint density at radius 3 is 1.39 bits per heavy atom. The quantitative estimate of drug-likeness (QED) is 0.302. The highest BCUT2D eigenvalue weighted by molar-refractivity contribution is 5.81. The normalized spacial score (nSPS) is 40.1. The number of rotatable bonds is 5. The van der Waals surface area contributed by atoms with Crippen molar-refractivity contribution < 1.29 is 61.4 Å². The second kappa shape index (κ2) is 21.9. The predicted molar refractivity (Wildman–Crippen MR) is 195 cm³/mol. The van der Waals surface area contributed by atoms with Crippen LogP contribution in [0.15, 0.2) is 12.7 Å². The summed E-state index contributed by atoms with van der Waals surface area (Å²) >= 11 is 0. The summed E-state index contributed by atoms with van der Waals surface area (Å²) in [7, 11) is 0. The molecular weight excluding hydrogens is 660 g/mol. The van der Waals surface area contributed by atoms with Crippen molar-refractivity contribution in [1.29, 1.82) is 0 Å². The minimum absolute atomic E-state index is 0. The summed E-state index contributed by atoms with van der Waals surface area (Å²) in [5.74, 6) is 5.59.